The Labute approximate surface area is 138 Å². The van der Waals surface area contributed by atoms with Gasteiger partial charge in [0.15, 0.2) is 0 Å². The maximum absolute atomic E-state index is 6.28. The van der Waals surface area contributed by atoms with Gasteiger partial charge in [0, 0.05) is 0 Å². The first kappa shape index (κ1) is 17.8. The van der Waals surface area contributed by atoms with Crippen LogP contribution in [0, 0.1) is 17.3 Å². The van der Waals surface area contributed by atoms with Crippen molar-refractivity contribution in [2.75, 3.05) is 6.61 Å². The SMILES string of the molecule is C=CCC(CCCCCCC)OCC1=CCC2CC1C2(C)C. The molecule has 126 valence electrons. The molecular weight excluding hydrogens is 268 g/mol. The second-order valence-electron chi connectivity index (χ2n) is 7.98. The molecule has 0 aromatic rings. The number of fused-ring (bicyclic) bond motifs is 1. The van der Waals surface area contributed by atoms with E-state index in [4.69, 9.17) is 4.74 Å². The Morgan fingerprint density at radius 3 is 2.73 bits per heavy atom. The lowest BCUT2D eigenvalue weighted by molar-refractivity contribution is -0.0255. The fourth-order valence-corrected chi connectivity index (χ4v) is 4.29. The smallest absolute Gasteiger partial charge is 0.0683 e. The Kier molecular flexibility index (Phi) is 6.74. The van der Waals surface area contributed by atoms with Gasteiger partial charge in [0.25, 0.3) is 0 Å². The van der Waals surface area contributed by atoms with E-state index >= 15 is 0 Å². The summed E-state index contributed by atoms with van der Waals surface area (Å²) >= 11 is 0. The summed E-state index contributed by atoms with van der Waals surface area (Å²) in [5.41, 5.74) is 2.09. The van der Waals surface area contributed by atoms with Crippen LogP contribution in [-0.2, 0) is 4.74 Å². The summed E-state index contributed by atoms with van der Waals surface area (Å²) in [5.74, 6) is 1.70. The Morgan fingerprint density at radius 1 is 1.32 bits per heavy atom. The van der Waals surface area contributed by atoms with Crippen LogP contribution in [0.25, 0.3) is 0 Å². The van der Waals surface area contributed by atoms with Crippen LogP contribution in [0.4, 0.5) is 0 Å². The van der Waals surface area contributed by atoms with E-state index in [2.05, 4.69) is 33.4 Å². The van der Waals surface area contributed by atoms with E-state index < -0.39 is 0 Å². The summed E-state index contributed by atoms with van der Waals surface area (Å²) in [7, 11) is 0. The van der Waals surface area contributed by atoms with Crippen LogP contribution in [0.1, 0.15) is 78.6 Å². The van der Waals surface area contributed by atoms with Crippen molar-refractivity contribution in [3.05, 3.63) is 24.3 Å². The van der Waals surface area contributed by atoms with Crippen molar-refractivity contribution < 1.29 is 4.74 Å². The van der Waals surface area contributed by atoms with Crippen molar-refractivity contribution in [2.24, 2.45) is 17.3 Å². The number of hydrogen-bond acceptors (Lipinski definition) is 1. The minimum atomic E-state index is 0.376. The molecule has 3 unspecified atom stereocenters. The average molecular weight is 305 g/mol. The lowest BCUT2D eigenvalue weighted by Gasteiger charge is -2.56. The fraction of sp³-hybridized carbons (Fsp3) is 0.810. The molecule has 0 heterocycles. The van der Waals surface area contributed by atoms with Crippen molar-refractivity contribution in [3.8, 4) is 0 Å². The summed E-state index contributed by atoms with van der Waals surface area (Å²) in [6.07, 6.45) is 16.4. The maximum Gasteiger partial charge on any atom is 0.0683 e. The highest BCUT2D eigenvalue weighted by Gasteiger charge is 2.51. The standard InChI is InChI=1S/C21H36O/c1-5-7-8-9-10-12-19(11-6-2)22-16-17-13-14-18-15-20(17)21(18,3)4/h6,13,18-20H,2,5,7-12,14-16H2,1,3-4H3. The lowest BCUT2D eigenvalue weighted by atomic mass is 9.49. The average Bonchev–Trinajstić information content (AvgIpc) is 2.52. The van der Waals surface area contributed by atoms with Gasteiger partial charge in [-0.3, -0.25) is 0 Å². The van der Waals surface area contributed by atoms with Crippen LogP contribution in [0.2, 0.25) is 0 Å². The molecule has 0 aliphatic heterocycles. The van der Waals surface area contributed by atoms with E-state index in [-0.39, 0.29) is 0 Å². The molecule has 2 bridgehead atoms. The molecule has 0 amide bonds. The second-order valence-corrected chi connectivity index (χ2v) is 7.98. The molecule has 1 saturated carbocycles. The molecule has 0 aromatic carbocycles. The van der Waals surface area contributed by atoms with Crippen molar-refractivity contribution in [3.63, 3.8) is 0 Å². The molecule has 3 aliphatic rings. The minimum absolute atomic E-state index is 0.376. The predicted octanol–water partition coefficient (Wildman–Crippen LogP) is 6.30. The predicted molar refractivity (Wildman–Crippen MR) is 96.0 cm³/mol. The summed E-state index contributed by atoms with van der Waals surface area (Å²) in [5, 5.41) is 0. The molecule has 0 N–H and O–H groups in total. The zero-order valence-electron chi connectivity index (χ0n) is 15.1. The van der Waals surface area contributed by atoms with Crippen LogP contribution in [0.3, 0.4) is 0 Å². The van der Waals surface area contributed by atoms with Crippen molar-refractivity contribution in [1.82, 2.24) is 0 Å². The molecular formula is C21H36O. The van der Waals surface area contributed by atoms with Crippen LogP contribution < -0.4 is 0 Å². The summed E-state index contributed by atoms with van der Waals surface area (Å²) in [6.45, 7) is 11.9. The molecule has 22 heavy (non-hydrogen) atoms. The summed E-state index contributed by atoms with van der Waals surface area (Å²) < 4.78 is 6.28. The van der Waals surface area contributed by atoms with Gasteiger partial charge in [0.05, 0.1) is 12.7 Å². The van der Waals surface area contributed by atoms with Gasteiger partial charge in [0.2, 0.25) is 0 Å². The zero-order chi connectivity index (χ0) is 16.0. The molecule has 1 fully saturated rings. The van der Waals surface area contributed by atoms with Crippen molar-refractivity contribution >= 4 is 0 Å². The van der Waals surface area contributed by atoms with E-state index in [0.29, 0.717) is 11.5 Å². The van der Waals surface area contributed by atoms with E-state index in [1.807, 2.05) is 6.08 Å². The van der Waals surface area contributed by atoms with Crippen LogP contribution in [-0.4, -0.2) is 12.7 Å². The Balaban J connectivity index is 1.72. The third kappa shape index (κ3) is 4.25. The highest BCUT2D eigenvalue weighted by Crippen LogP contribution is 2.59. The largest absolute Gasteiger partial charge is 0.374 e. The van der Waals surface area contributed by atoms with Gasteiger partial charge in [-0.25, -0.2) is 0 Å². The lowest BCUT2D eigenvalue weighted by Crippen LogP contribution is -2.48. The van der Waals surface area contributed by atoms with Crippen molar-refractivity contribution in [1.29, 1.82) is 0 Å². The number of ether oxygens (including phenoxy) is 1. The minimum Gasteiger partial charge on any atom is -0.374 e. The van der Waals surface area contributed by atoms with Gasteiger partial charge < -0.3 is 4.74 Å². The van der Waals surface area contributed by atoms with Gasteiger partial charge in [-0.15, -0.1) is 6.58 Å². The monoisotopic (exact) mass is 304 g/mol. The number of unbranched alkanes of at least 4 members (excludes halogenated alkanes) is 4. The molecule has 0 saturated heterocycles. The van der Waals surface area contributed by atoms with Gasteiger partial charge in [-0.05, 0) is 48.5 Å². The topological polar surface area (TPSA) is 9.23 Å². The molecule has 0 spiro atoms. The van der Waals surface area contributed by atoms with Crippen LogP contribution >= 0.6 is 0 Å². The van der Waals surface area contributed by atoms with Crippen LogP contribution in [0.15, 0.2) is 24.3 Å². The Morgan fingerprint density at radius 2 is 2.09 bits per heavy atom. The number of allylic oxidation sites excluding steroid dienone is 1. The van der Waals surface area contributed by atoms with E-state index in [1.54, 1.807) is 5.57 Å². The van der Waals surface area contributed by atoms with Gasteiger partial charge in [0.1, 0.15) is 0 Å². The normalized spacial score (nSPS) is 27.0. The van der Waals surface area contributed by atoms with Gasteiger partial charge in [-0.1, -0.05) is 65.0 Å². The zero-order valence-corrected chi connectivity index (χ0v) is 15.1. The first-order valence-electron chi connectivity index (χ1n) is 9.51. The first-order chi connectivity index (χ1) is 10.6. The number of hydrogen-bond donors (Lipinski definition) is 0. The molecule has 1 heteroatoms. The third-order valence-corrected chi connectivity index (χ3v) is 6.13. The summed E-state index contributed by atoms with van der Waals surface area (Å²) in [6, 6.07) is 0. The van der Waals surface area contributed by atoms with Crippen LogP contribution in [0.5, 0.6) is 0 Å². The second kappa shape index (κ2) is 8.34. The molecule has 3 aliphatic carbocycles. The molecule has 3 atom stereocenters. The first-order valence-corrected chi connectivity index (χ1v) is 9.51. The van der Waals surface area contributed by atoms with E-state index in [0.717, 1.165) is 24.9 Å². The fourth-order valence-electron chi connectivity index (χ4n) is 4.29. The maximum atomic E-state index is 6.28. The summed E-state index contributed by atoms with van der Waals surface area (Å²) in [4.78, 5) is 0. The van der Waals surface area contributed by atoms with E-state index in [9.17, 15) is 0 Å². The van der Waals surface area contributed by atoms with E-state index in [1.165, 1.54) is 51.4 Å². The molecule has 0 radical (unpaired) electrons. The highest BCUT2D eigenvalue weighted by atomic mass is 16.5. The number of rotatable bonds is 11. The highest BCUT2D eigenvalue weighted by molar-refractivity contribution is 5.23. The van der Waals surface area contributed by atoms with Gasteiger partial charge >= 0.3 is 0 Å². The van der Waals surface area contributed by atoms with Gasteiger partial charge in [-0.2, -0.15) is 0 Å². The molecule has 0 aromatic heterocycles. The Bertz CT molecular complexity index is 379. The quantitative estimate of drug-likeness (QED) is 0.321. The third-order valence-electron chi connectivity index (χ3n) is 6.13. The molecule has 1 nitrogen and oxygen atoms in total. The Hall–Kier alpha value is -0.560. The molecule has 3 rings (SSSR count). The van der Waals surface area contributed by atoms with Crippen molar-refractivity contribution in [2.45, 2.75) is 84.7 Å².